The van der Waals surface area contributed by atoms with Crippen LogP contribution in [-0.4, -0.2) is 16.0 Å². The van der Waals surface area contributed by atoms with Crippen molar-refractivity contribution in [3.63, 3.8) is 0 Å². The number of fused-ring (bicyclic) bond motifs is 3. The van der Waals surface area contributed by atoms with E-state index in [0.29, 0.717) is 12.0 Å². The van der Waals surface area contributed by atoms with Crippen molar-refractivity contribution < 1.29 is 0 Å². The van der Waals surface area contributed by atoms with Crippen LogP contribution >= 0.6 is 0 Å². The van der Waals surface area contributed by atoms with Crippen molar-refractivity contribution in [3.8, 4) is 0 Å². The van der Waals surface area contributed by atoms with Gasteiger partial charge in [0.25, 0.3) is 0 Å². The Morgan fingerprint density at radius 2 is 2.29 bits per heavy atom. The summed E-state index contributed by atoms with van der Waals surface area (Å²) in [5, 5.41) is 3.40. The van der Waals surface area contributed by atoms with Crippen LogP contribution in [-0.2, 0) is 6.42 Å². The summed E-state index contributed by atoms with van der Waals surface area (Å²) in [6.45, 7) is 6.09. The van der Waals surface area contributed by atoms with Gasteiger partial charge in [-0.15, -0.1) is 0 Å². The summed E-state index contributed by atoms with van der Waals surface area (Å²) in [5.74, 6) is 1.68. The standard InChI is InChI=1S/C9H11N3.C2H6/c1-2-8-10-4-7-9(12-8)5-3-6(5)11-7;1-2/h4-6,11H,2-3H2,1H3;1-2H3. The molecule has 0 saturated heterocycles. The van der Waals surface area contributed by atoms with E-state index in [-0.39, 0.29) is 0 Å². The third-order valence-corrected chi connectivity index (χ3v) is 2.67. The van der Waals surface area contributed by atoms with E-state index < -0.39 is 0 Å². The molecule has 2 atom stereocenters. The van der Waals surface area contributed by atoms with Crippen LogP contribution in [0.3, 0.4) is 0 Å². The van der Waals surface area contributed by atoms with Crippen molar-refractivity contribution in [3.05, 3.63) is 17.7 Å². The molecule has 14 heavy (non-hydrogen) atoms. The monoisotopic (exact) mass is 191 g/mol. The molecule has 0 amide bonds. The van der Waals surface area contributed by atoms with E-state index in [1.54, 1.807) is 0 Å². The predicted molar refractivity (Wildman–Crippen MR) is 57.5 cm³/mol. The minimum absolute atomic E-state index is 0.682. The van der Waals surface area contributed by atoms with Gasteiger partial charge in [0.05, 0.1) is 17.6 Å². The molecule has 3 heteroatoms. The molecule has 0 radical (unpaired) electrons. The number of aromatic nitrogens is 2. The van der Waals surface area contributed by atoms with Gasteiger partial charge in [0.1, 0.15) is 5.82 Å². The van der Waals surface area contributed by atoms with Crippen molar-refractivity contribution in [1.82, 2.24) is 9.97 Å². The van der Waals surface area contributed by atoms with Gasteiger partial charge >= 0.3 is 0 Å². The maximum Gasteiger partial charge on any atom is 0.128 e. The Morgan fingerprint density at radius 3 is 3.00 bits per heavy atom. The third kappa shape index (κ3) is 1.37. The van der Waals surface area contributed by atoms with Crippen LogP contribution < -0.4 is 5.32 Å². The van der Waals surface area contributed by atoms with E-state index in [1.807, 2.05) is 20.0 Å². The van der Waals surface area contributed by atoms with Crippen molar-refractivity contribution in [2.45, 2.75) is 45.6 Å². The maximum absolute atomic E-state index is 4.52. The summed E-state index contributed by atoms with van der Waals surface area (Å²) >= 11 is 0. The zero-order valence-electron chi connectivity index (χ0n) is 9.04. The zero-order chi connectivity index (χ0) is 10.1. The lowest BCUT2D eigenvalue weighted by Gasteiger charge is -2.03. The summed E-state index contributed by atoms with van der Waals surface area (Å²) in [7, 11) is 0. The molecule has 1 fully saturated rings. The number of anilines is 1. The van der Waals surface area contributed by atoms with Crippen LogP contribution in [0.15, 0.2) is 6.20 Å². The summed E-state index contributed by atoms with van der Waals surface area (Å²) < 4.78 is 0. The largest absolute Gasteiger partial charge is 0.379 e. The molecule has 1 aliphatic heterocycles. The van der Waals surface area contributed by atoms with Gasteiger partial charge < -0.3 is 5.32 Å². The molecule has 1 N–H and O–H groups in total. The highest BCUT2D eigenvalue weighted by Gasteiger charge is 2.46. The lowest BCUT2D eigenvalue weighted by Crippen LogP contribution is -2.00. The predicted octanol–water partition coefficient (Wildman–Crippen LogP) is 2.35. The zero-order valence-corrected chi connectivity index (χ0v) is 9.04. The first-order valence-corrected chi connectivity index (χ1v) is 5.51. The van der Waals surface area contributed by atoms with Crippen LogP contribution in [0.1, 0.15) is 44.6 Å². The number of nitrogens with zero attached hydrogens (tertiary/aromatic N) is 2. The highest BCUT2D eigenvalue weighted by Crippen LogP contribution is 2.50. The van der Waals surface area contributed by atoms with Crippen LogP contribution in [0, 0.1) is 0 Å². The molecule has 1 saturated carbocycles. The number of aryl methyl sites for hydroxylation is 1. The summed E-state index contributed by atoms with van der Waals surface area (Å²) in [6.07, 6.45) is 4.13. The average molecular weight is 191 g/mol. The number of hydrogen-bond acceptors (Lipinski definition) is 3. The summed E-state index contributed by atoms with van der Waals surface area (Å²) in [6, 6.07) is 0.682. The van der Waals surface area contributed by atoms with Crippen LogP contribution in [0.25, 0.3) is 0 Å². The molecule has 0 spiro atoms. The topological polar surface area (TPSA) is 37.8 Å². The van der Waals surface area contributed by atoms with E-state index in [4.69, 9.17) is 0 Å². The molecule has 2 unspecified atom stereocenters. The smallest absolute Gasteiger partial charge is 0.128 e. The minimum atomic E-state index is 0.682. The number of rotatable bonds is 1. The van der Waals surface area contributed by atoms with Gasteiger partial charge in [-0.05, 0) is 6.42 Å². The van der Waals surface area contributed by atoms with E-state index in [1.165, 1.54) is 12.1 Å². The van der Waals surface area contributed by atoms with E-state index >= 15 is 0 Å². The first-order valence-electron chi connectivity index (χ1n) is 5.51. The Balaban J connectivity index is 0.000000354. The van der Waals surface area contributed by atoms with E-state index in [9.17, 15) is 0 Å². The first-order chi connectivity index (χ1) is 6.88. The van der Waals surface area contributed by atoms with Crippen LogP contribution in [0.4, 0.5) is 5.69 Å². The molecule has 3 rings (SSSR count). The maximum atomic E-state index is 4.52. The fourth-order valence-corrected chi connectivity index (χ4v) is 1.85. The van der Waals surface area contributed by atoms with Gasteiger partial charge in [0.15, 0.2) is 0 Å². The SMILES string of the molecule is CC.CCc1ncc2c(n1)C1CC1N2. The molecule has 2 aliphatic rings. The minimum Gasteiger partial charge on any atom is -0.379 e. The van der Waals surface area contributed by atoms with Gasteiger partial charge in [-0.25, -0.2) is 9.97 Å². The van der Waals surface area contributed by atoms with Gasteiger partial charge in [-0.1, -0.05) is 20.8 Å². The second kappa shape index (κ2) is 3.56. The highest BCUT2D eigenvalue weighted by atomic mass is 15.1. The molecule has 0 bridgehead atoms. The Bertz CT molecular complexity index is 335. The van der Waals surface area contributed by atoms with Gasteiger partial charge in [-0.2, -0.15) is 0 Å². The fourth-order valence-electron chi connectivity index (χ4n) is 1.85. The summed E-state index contributed by atoms with van der Waals surface area (Å²) in [5.41, 5.74) is 2.42. The summed E-state index contributed by atoms with van der Waals surface area (Å²) in [4.78, 5) is 8.77. The fraction of sp³-hybridized carbons (Fsp3) is 0.636. The van der Waals surface area contributed by atoms with E-state index in [0.717, 1.165) is 17.9 Å². The van der Waals surface area contributed by atoms with Crippen molar-refractivity contribution in [2.24, 2.45) is 0 Å². The Morgan fingerprint density at radius 1 is 1.50 bits per heavy atom. The van der Waals surface area contributed by atoms with E-state index in [2.05, 4.69) is 22.2 Å². The third-order valence-electron chi connectivity index (χ3n) is 2.67. The Kier molecular flexibility index (Phi) is 2.40. The molecular weight excluding hydrogens is 174 g/mol. The molecule has 3 nitrogen and oxygen atoms in total. The molecule has 2 heterocycles. The molecule has 1 aromatic rings. The van der Waals surface area contributed by atoms with Gasteiger partial charge in [-0.3, -0.25) is 0 Å². The van der Waals surface area contributed by atoms with Crippen molar-refractivity contribution >= 4 is 5.69 Å². The number of hydrogen-bond donors (Lipinski definition) is 1. The number of nitrogens with one attached hydrogen (secondary N) is 1. The Hall–Kier alpha value is -1.12. The van der Waals surface area contributed by atoms with Crippen LogP contribution in [0.5, 0.6) is 0 Å². The molecular formula is C11H17N3. The normalized spacial score (nSPS) is 25.4. The second-order valence-electron chi connectivity index (χ2n) is 3.53. The van der Waals surface area contributed by atoms with Crippen molar-refractivity contribution in [1.29, 1.82) is 0 Å². The quantitative estimate of drug-likeness (QED) is 0.740. The lowest BCUT2D eigenvalue weighted by molar-refractivity contribution is 0.898. The van der Waals surface area contributed by atoms with Crippen molar-refractivity contribution in [2.75, 3.05) is 5.32 Å². The molecule has 76 valence electrons. The molecule has 1 aromatic heterocycles. The second-order valence-corrected chi connectivity index (χ2v) is 3.53. The Labute approximate surface area is 85.0 Å². The highest BCUT2D eigenvalue weighted by molar-refractivity contribution is 5.59. The first kappa shape index (κ1) is 9.44. The van der Waals surface area contributed by atoms with Crippen LogP contribution in [0.2, 0.25) is 0 Å². The average Bonchev–Trinajstić information content (AvgIpc) is 2.94. The van der Waals surface area contributed by atoms with Gasteiger partial charge in [0.2, 0.25) is 0 Å². The lowest BCUT2D eigenvalue weighted by atomic mass is 10.2. The van der Waals surface area contributed by atoms with Gasteiger partial charge in [0, 0.05) is 18.4 Å². The molecule has 0 aromatic carbocycles. The molecule has 1 aliphatic carbocycles.